The lowest BCUT2D eigenvalue weighted by Crippen LogP contribution is -2.39. The van der Waals surface area contributed by atoms with Gasteiger partial charge in [-0.3, -0.25) is 4.79 Å². The lowest BCUT2D eigenvalue weighted by Gasteiger charge is -2.31. The first-order chi connectivity index (χ1) is 13.6. The molecule has 28 heavy (non-hydrogen) atoms. The van der Waals surface area contributed by atoms with Gasteiger partial charge in [-0.05, 0) is 37.5 Å². The van der Waals surface area contributed by atoms with E-state index in [1.54, 1.807) is 4.57 Å². The summed E-state index contributed by atoms with van der Waals surface area (Å²) in [6, 6.07) is 17.6. The highest BCUT2D eigenvalue weighted by Gasteiger charge is 2.28. The van der Waals surface area contributed by atoms with E-state index in [4.69, 9.17) is 0 Å². The van der Waals surface area contributed by atoms with E-state index in [0.29, 0.717) is 19.5 Å². The summed E-state index contributed by atoms with van der Waals surface area (Å²) in [6.07, 6.45) is 2.04. The van der Waals surface area contributed by atoms with Crippen LogP contribution in [-0.2, 0) is 11.2 Å². The van der Waals surface area contributed by atoms with Gasteiger partial charge in [0.05, 0.1) is 12.1 Å². The van der Waals surface area contributed by atoms with Crippen LogP contribution in [0.4, 0.5) is 0 Å². The SMILES string of the molecule is Cc1cccc(CC(=O)N2CCC(c3n[nH]c(=O)n3-c3ccccc3)CC2)c1. The number of nitrogens with zero attached hydrogens (tertiary/aromatic N) is 3. The number of carbonyl (C=O) groups is 1. The van der Waals surface area contributed by atoms with E-state index in [0.717, 1.165) is 29.9 Å². The molecule has 1 fully saturated rings. The molecule has 2 heterocycles. The molecule has 3 aromatic rings. The molecule has 0 aliphatic carbocycles. The van der Waals surface area contributed by atoms with Crippen LogP contribution in [0.15, 0.2) is 59.4 Å². The quantitative estimate of drug-likeness (QED) is 0.761. The molecule has 4 rings (SSSR count). The van der Waals surface area contributed by atoms with E-state index < -0.39 is 0 Å². The first-order valence-corrected chi connectivity index (χ1v) is 9.68. The molecule has 1 aliphatic heterocycles. The van der Waals surface area contributed by atoms with Crippen LogP contribution in [0.25, 0.3) is 5.69 Å². The average Bonchev–Trinajstić information content (AvgIpc) is 3.10. The first-order valence-electron chi connectivity index (χ1n) is 9.68. The summed E-state index contributed by atoms with van der Waals surface area (Å²) in [5.41, 5.74) is 2.81. The van der Waals surface area contributed by atoms with Crippen LogP contribution in [0.3, 0.4) is 0 Å². The molecular weight excluding hydrogens is 352 g/mol. The molecular formula is C22H24N4O2. The number of likely N-dealkylation sites (tertiary alicyclic amines) is 1. The number of amides is 1. The van der Waals surface area contributed by atoms with Crippen LogP contribution in [0.5, 0.6) is 0 Å². The Morgan fingerprint density at radius 2 is 1.86 bits per heavy atom. The second kappa shape index (κ2) is 7.84. The van der Waals surface area contributed by atoms with Gasteiger partial charge in [0.15, 0.2) is 0 Å². The van der Waals surface area contributed by atoms with Crippen LogP contribution < -0.4 is 5.69 Å². The Balaban J connectivity index is 1.44. The second-order valence-corrected chi connectivity index (χ2v) is 7.38. The van der Waals surface area contributed by atoms with E-state index in [-0.39, 0.29) is 17.5 Å². The van der Waals surface area contributed by atoms with Crippen molar-refractivity contribution in [1.82, 2.24) is 19.7 Å². The van der Waals surface area contributed by atoms with Crippen molar-refractivity contribution < 1.29 is 4.79 Å². The summed E-state index contributed by atoms with van der Waals surface area (Å²) in [4.78, 5) is 26.9. The monoisotopic (exact) mass is 376 g/mol. The number of rotatable bonds is 4. The number of hydrogen-bond donors (Lipinski definition) is 1. The van der Waals surface area contributed by atoms with E-state index in [2.05, 4.69) is 16.3 Å². The van der Waals surface area contributed by atoms with Crippen molar-refractivity contribution in [3.63, 3.8) is 0 Å². The van der Waals surface area contributed by atoms with Crippen molar-refractivity contribution in [2.24, 2.45) is 0 Å². The highest BCUT2D eigenvalue weighted by Crippen LogP contribution is 2.27. The van der Waals surface area contributed by atoms with E-state index >= 15 is 0 Å². The summed E-state index contributed by atoms with van der Waals surface area (Å²) < 4.78 is 1.65. The molecule has 1 aliphatic rings. The summed E-state index contributed by atoms with van der Waals surface area (Å²) >= 11 is 0. The van der Waals surface area contributed by atoms with Crippen LogP contribution in [0, 0.1) is 6.92 Å². The summed E-state index contributed by atoms with van der Waals surface area (Å²) in [5.74, 6) is 1.07. The van der Waals surface area contributed by atoms with Gasteiger partial charge in [-0.1, -0.05) is 48.0 Å². The Labute approximate surface area is 163 Å². The van der Waals surface area contributed by atoms with Gasteiger partial charge in [-0.2, -0.15) is 5.10 Å². The summed E-state index contributed by atoms with van der Waals surface area (Å²) in [5, 5.41) is 6.87. The standard InChI is InChI=1S/C22H24N4O2/c1-16-6-5-7-17(14-16)15-20(27)25-12-10-18(11-13-25)21-23-24-22(28)26(21)19-8-3-2-4-9-19/h2-9,14,18H,10-13,15H2,1H3,(H,24,28). The minimum atomic E-state index is -0.223. The maximum absolute atomic E-state index is 12.7. The summed E-state index contributed by atoms with van der Waals surface area (Å²) in [6.45, 7) is 3.41. The highest BCUT2D eigenvalue weighted by molar-refractivity contribution is 5.79. The fourth-order valence-electron chi connectivity index (χ4n) is 3.91. The second-order valence-electron chi connectivity index (χ2n) is 7.38. The van der Waals surface area contributed by atoms with Gasteiger partial charge in [0.1, 0.15) is 5.82 Å². The molecule has 0 bridgehead atoms. The topological polar surface area (TPSA) is 71.0 Å². The third-order valence-corrected chi connectivity index (χ3v) is 5.36. The van der Waals surface area contributed by atoms with E-state index in [1.165, 1.54) is 5.56 Å². The molecule has 0 spiro atoms. The van der Waals surface area contributed by atoms with Gasteiger partial charge in [-0.25, -0.2) is 14.5 Å². The molecule has 0 radical (unpaired) electrons. The minimum absolute atomic E-state index is 0.155. The number of aryl methyl sites for hydroxylation is 1. The highest BCUT2D eigenvalue weighted by atomic mass is 16.2. The van der Waals surface area contributed by atoms with Crippen LogP contribution >= 0.6 is 0 Å². The Bertz CT molecular complexity index is 1010. The average molecular weight is 376 g/mol. The van der Waals surface area contributed by atoms with Gasteiger partial charge in [0, 0.05) is 19.0 Å². The molecule has 0 saturated carbocycles. The lowest BCUT2D eigenvalue weighted by molar-refractivity contribution is -0.131. The fourth-order valence-corrected chi connectivity index (χ4v) is 3.91. The minimum Gasteiger partial charge on any atom is -0.342 e. The number of para-hydroxylation sites is 1. The molecule has 1 amide bonds. The molecule has 6 nitrogen and oxygen atoms in total. The number of aromatic amines is 1. The van der Waals surface area contributed by atoms with Gasteiger partial charge < -0.3 is 4.90 Å². The van der Waals surface area contributed by atoms with Crippen molar-refractivity contribution in [1.29, 1.82) is 0 Å². The number of nitrogens with one attached hydrogen (secondary N) is 1. The third kappa shape index (κ3) is 3.76. The number of benzene rings is 2. The van der Waals surface area contributed by atoms with Gasteiger partial charge in [0.2, 0.25) is 5.91 Å². The third-order valence-electron chi connectivity index (χ3n) is 5.36. The molecule has 1 saturated heterocycles. The molecule has 0 atom stereocenters. The number of carbonyl (C=O) groups excluding carboxylic acids is 1. The predicted molar refractivity (Wildman–Crippen MR) is 108 cm³/mol. The number of piperidine rings is 1. The van der Waals surface area contributed by atoms with Crippen molar-refractivity contribution in [2.45, 2.75) is 32.1 Å². The van der Waals surface area contributed by atoms with Gasteiger partial charge >= 0.3 is 5.69 Å². The Morgan fingerprint density at radius 1 is 1.11 bits per heavy atom. The molecule has 1 N–H and O–H groups in total. The zero-order valence-electron chi connectivity index (χ0n) is 16.0. The van der Waals surface area contributed by atoms with Crippen LogP contribution in [-0.4, -0.2) is 38.7 Å². The zero-order chi connectivity index (χ0) is 19.5. The number of aromatic nitrogens is 3. The summed E-state index contributed by atoms with van der Waals surface area (Å²) in [7, 11) is 0. The molecule has 2 aromatic carbocycles. The normalized spacial score (nSPS) is 15.0. The van der Waals surface area contributed by atoms with E-state index in [9.17, 15) is 9.59 Å². The molecule has 0 unspecified atom stereocenters. The van der Waals surface area contributed by atoms with Crippen LogP contribution in [0.2, 0.25) is 0 Å². The number of H-pyrrole nitrogens is 1. The van der Waals surface area contributed by atoms with Crippen molar-refractivity contribution in [2.75, 3.05) is 13.1 Å². The smallest absolute Gasteiger partial charge is 0.342 e. The Morgan fingerprint density at radius 3 is 2.57 bits per heavy atom. The van der Waals surface area contributed by atoms with Crippen molar-refractivity contribution >= 4 is 5.91 Å². The zero-order valence-corrected chi connectivity index (χ0v) is 16.0. The molecule has 6 heteroatoms. The fraction of sp³-hybridized carbons (Fsp3) is 0.318. The Hall–Kier alpha value is -3.15. The largest absolute Gasteiger partial charge is 0.347 e. The number of hydrogen-bond acceptors (Lipinski definition) is 3. The molecule has 1 aromatic heterocycles. The lowest BCUT2D eigenvalue weighted by atomic mass is 9.95. The van der Waals surface area contributed by atoms with Gasteiger partial charge in [-0.15, -0.1) is 0 Å². The van der Waals surface area contributed by atoms with Crippen molar-refractivity contribution in [3.05, 3.63) is 82.0 Å². The first kappa shape index (κ1) is 18.2. The van der Waals surface area contributed by atoms with E-state index in [1.807, 2.05) is 60.4 Å². The van der Waals surface area contributed by atoms with Crippen molar-refractivity contribution in [3.8, 4) is 5.69 Å². The predicted octanol–water partition coefficient (Wildman–Crippen LogP) is 2.82. The van der Waals surface area contributed by atoms with Gasteiger partial charge in [0.25, 0.3) is 0 Å². The molecule has 144 valence electrons. The maximum atomic E-state index is 12.7. The Kier molecular flexibility index (Phi) is 5.10. The maximum Gasteiger partial charge on any atom is 0.347 e. The van der Waals surface area contributed by atoms with Crippen LogP contribution in [0.1, 0.15) is 35.7 Å².